The van der Waals surface area contributed by atoms with Gasteiger partial charge in [-0.2, -0.15) is 4.39 Å². The molecule has 40 heavy (non-hydrogen) atoms. The smallest absolute Gasteiger partial charge is 0.330 e. The van der Waals surface area contributed by atoms with Crippen LogP contribution in [0.4, 0.5) is 4.39 Å². The number of benzene rings is 3. The molecule has 4 aromatic rings. The van der Waals surface area contributed by atoms with E-state index >= 15 is 0 Å². The fourth-order valence-corrected chi connectivity index (χ4v) is 5.64. The number of ether oxygens (including phenoxy) is 3. The number of nitrogens with zero attached hydrogens (tertiary/aromatic N) is 1. The van der Waals surface area contributed by atoms with E-state index in [0.29, 0.717) is 28.2 Å². The average Bonchev–Trinajstić information content (AvgIpc) is 3.37. The van der Waals surface area contributed by atoms with Gasteiger partial charge in [-0.15, -0.1) is 0 Å². The van der Waals surface area contributed by atoms with Gasteiger partial charge in [0.2, 0.25) is 5.82 Å². The Balaban J connectivity index is 1.75. The zero-order chi connectivity index (χ0) is 28.4. The molecule has 208 valence electrons. The lowest BCUT2D eigenvalue weighted by Crippen LogP contribution is -2.51. The second kappa shape index (κ2) is 11.1. The number of hydrogen-bond acceptors (Lipinski definition) is 7. The zero-order valence-corrected chi connectivity index (χ0v) is 21.9. The minimum Gasteiger partial charge on any atom is -0.496 e. The highest BCUT2D eigenvalue weighted by Crippen LogP contribution is 2.51. The van der Waals surface area contributed by atoms with Gasteiger partial charge in [-0.05, 0) is 17.7 Å². The number of methoxy groups -OCH3 is 2. The van der Waals surface area contributed by atoms with Crippen molar-refractivity contribution in [2.45, 2.75) is 36.4 Å². The fraction of sp³-hybridized carbons (Fsp3) is 0.267. The molecular weight excluding hydrogens is 519 g/mol. The SMILES string of the molecule is COc1ccccc1C(c1ccccc1)(c1ccccc1OC)C(O)[C@H]1O[C@@H](n2cc(F)c(=O)[nH]c2=O)C[C@@H]1O. The van der Waals surface area contributed by atoms with Crippen molar-refractivity contribution < 1.29 is 28.8 Å². The van der Waals surface area contributed by atoms with Gasteiger partial charge in [0.25, 0.3) is 5.56 Å². The number of aliphatic hydroxyl groups excluding tert-OH is 2. The standard InChI is InChI=1S/C30H29FN2O7/c1-38-23-14-8-6-12-19(23)30(18-10-4-3-5-11-18,20-13-7-9-15-24(20)39-2)27(35)26-22(34)16-25(40-26)33-17-21(31)28(36)32-29(33)37/h3-15,17,22,25-27,34-35H,16H2,1-2H3,(H,32,36,37)/t22-,25+,26-,27?/m0/s1. The zero-order valence-electron chi connectivity index (χ0n) is 21.9. The molecule has 0 spiro atoms. The minimum atomic E-state index is -1.48. The summed E-state index contributed by atoms with van der Waals surface area (Å²) in [5.41, 5.74) is -1.67. The molecule has 0 saturated carbocycles. The van der Waals surface area contributed by atoms with Crippen molar-refractivity contribution in [1.82, 2.24) is 9.55 Å². The number of H-pyrrole nitrogens is 1. The molecule has 1 fully saturated rings. The molecule has 10 heteroatoms. The lowest BCUT2D eigenvalue weighted by Gasteiger charge is -2.43. The number of para-hydroxylation sites is 2. The van der Waals surface area contributed by atoms with Gasteiger partial charge >= 0.3 is 5.69 Å². The van der Waals surface area contributed by atoms with E-state index in [2.05, 4.69) is 0 Å². The Morgan fingerprint density at radius 2 is 1.50 bits per heavy atom. The van der Waals surface area contributed by atoms with Gasteiger partial charge in [0.15, 0.2) is 0 Å². The number of hydrogen-bond donors (Lipinski definition) is 3. The Morgan fingerprint density at radius 3 is 2.08 bits per heavy atom. The molecule has 3 N–H and O–H groups in total. The number of aliphatic hydroxyl groups is 2. The van der Waals surface area contributed by atoms with Crippen LogP contribution in [0.5, 0.6) is 11.5 Å². The molecule has 1 aliphatic rings. The van der Waals surface area contributed by atoms with Crippen LogP contribution >= 0.6 is 0 Å². The summed E-state index contributed by atoms with van der Waals surface area (Å²) in [6.45, 7) is 0. The molecule has 3 aromatic carbocycles. The molecule has 4 atom stereocenters. The predicted molar refractivity (Wildman–Crippen MR) is 144 cm³/mol. The van der Waals surface area contributed by atoms with Crippen LogP contribution in [-0.4, -0.2) is 52.3 Å². The molecule has 1 aromatic heterocycles. The molecule has 0 amide bonds. The van der Waals surface area contributed by atoms with Gasteiger partial charge in [-0.25, -0.2) is 4.79 Å². The van der Waals surface area contributed by atoms with Crippen molar-refractivity contribution in [3.63, 3.8) is 0 Å². The number of aromatic amines is 1. The summed E-state index contributed by atoms with van der Waals surface area (Å²) in [7, 11) is 3.05. The molecule has 0 aliphatic carbocycles. The van der Waals surface area contributed by atoms with E-state index in [9.17, 15) is 24.2 Å². The maximum absolute atomic E-state index is 14.1. The molecule has 1 saturated heterocycles. The van der Waals surface area contributed by atoms with Crippen molar-refractivity contribution >= 4 is 0 Å². The van der Waals surface area contributed by atoms with Crippen molar-refractivity contribution in [2.24, 2.45) is 0 Å². The quantitative estimate of drug-likeness (QED) is 0.290. The van der Waals surface area contributed by atoms with Gasteiger partial charge in [0.1, 0.15) is 29.9 Å². The molecule has 9 nitrogen and oxygen atoms in total. The summed E-state index contributed by atoms with van der Waals surface area (Å²) < 4.78 is 32.6. The summed E-state index contributed by atoms with van der Waals surface area (Å²) in [5, 5.41) is 23.7. The summed E-state index contributed by atoms with van der Waals surface area (Å²) >= 11 is 0. The van der Waals surface area contributed by atoms with Crippen LogP contribution in [0.15, 0.2) is 94.6 Å². The number of halogens is 1. The highest BCUT2D eigenvalue weighted by atomic mass is 19.1. The number of rotatable bonds is 8. The van der Waals surface area contributed by atoms with Gasteiger partial charge in [-0.1, -0.05) is 66.7 Å². The van der Waals surface area contributed by atoms with Crippen molar-refractivity contribution in [2.75, 3.05) is 14.2 Å². The van der Waals surface area contributed by atoms with Gasteiger partial charge < -0.3 is 24.4 Å². The maximum atomic E-state index is 14.1. The molecule has 0 radical (unpaired) electrons. The minimum absolute atomic E-state index is 0.143. The van der Waals surface area contributed by atoms with Crippen LogP contribution in [0, 0.1) is 5.82 Å². The Hall–Kier alpha value is -4.25. The fourth-order valence-electron chi connectivity index (χ4n) is 5.64. The van der Waals surface area contributed by atoms with Crippen LogP contribution in [0.25, 0.3) is 0 Å². The number of nitrogens with one attached hydrogen (secondary N) is 1. The Bertz CT molecular complexity index is 1560. The normalized spacial score (nSPS) is 19.8. The van der Waals surface area contributed by atoms with Crippen LogP contribution < -0.4 is 20.7 Å². The van der Waals surface area contributed by atoms with E-state index in [0.717, 1.165) is 10.8 Å². The first-order valence-corrected chi connectivity index (χ1v) is 12.7. The summed E-state index contributed by atoms with van der Waals surface area (Å²) in [5.74, 6) is -0.234. The second-order valence-electron chi connectivity index (χ2n) is 9.52. The van der Waals surface area contributed by atoms with E-state index in [1.165, 1.54) is 14.2 Å². The first-order valence-electron chi connectivity index (χ1n) is 12.7. The van der Waals surface area contributed by atoms with Crippen LogP contribution in [0.2, 0.25) is 0 Å². The van der Waals surface area contributed by atoms with E-state index < -0.39 is 47.0 Å². The lowest BCUT2D eigenvalue weighted by molar-refractivity contribution is -0.0981. The summed E-state index contributed by atoms with van der Waals surface area (Å²) in [6, 6.07) is 23.6. The molecule has 1 aliphatic heterocycles. The van der Waals surface area contributed by atoms with E-state index in [-0.39, 0.29) is 6.42 Å². The molecular formula is C30H29FN2O7. The topological polar surface area (TPSA) is 123 Å². The van der Waals surface area contributed by atoms with Crippen LogP contribution in [-0.2, 0) is 10.2 Å². The first kappa shape index (κ1) is 27.3. The molecule has 0 bridgehead atoms. The lowest BCUT2D eigenvalue weighted by atomic mass is 9.63. The second-order valence-corrected chi connectivity index (χ2v) is 9.52. The summed E-state index contributed by atoms with van der Waals surface area (Å²) in [4.78, 5) is 25.9. The van der Waals surface area contributed by atoms with Crippen molar-refractivity contribution in [3.8, 4) is 11.5 Å². The maximum Gasteiger partial charge on any atom is 0.330 e. The molecule has 5 rings (SSSR count). The van der Waals surface area contributed by atoms with E-state index in [1.807, 2.05) is 59.6 Å². The molecule has 2 heterocycles. The first-order chi connectivity index (χ1) is 19.3. The third-order valence-corrected chi connectivity index (χ3v) is 7.42. The monoisotopic (exact) mass is 548 g/mol. The van der Waals surface area contributed by atoms with Crippen molar-refractivity contribution in [3.05, 3.63) is 128 Å². The van der Waals surface area contributed by atoms with Crippen molar-refractivity contribution in [1.29, 1.82) is 0 Å². The highest BCUT2D eigenvalue weighted by molar-refractivity contribution is 5.60. The third kappa shape index (κ3) is 4.49. The summed E-state index contributed by atoms with van der Waals surface area (Å²) in [6.07, 6.45) is -4.58. The highest BCUT2D eigenvalue weighted by Gasteiger charge is 2.54. The van der Waals surface area contributed by atoms with E-state index in [4.69, 9.17) is 14.2 Å². The largest absolute Gasteiger partial charge is 0.496 e. The molecule has 1 unspecified atom stereocenters. The average molecular weight is 549 g/mol. The number of aromatic nitrogens is 2. The van der Waals surface area contributed by atoms with Gasteiger partial charge in [-0.3, -0.25) is 14.3 Å². The van der Waals surface area contributed by atoms with Gasteiger partial charge in [0.05, 0.1) is 31.9 Å². The van der Waals surface area contributed by atoms with Gasteiger partial charge in [0, 0.05) is 17.5 Å². The third-order valence-electron chi connectivity index (χ3n) is 7.42. The Labute approximate surface area is 229 Å². The van der Waals surface area contributed by atoms with Crippen LogP contribution in [0.1, 0.15) is 29.3 Å². The Kier molecular flexibility index (Phi) is 7.57. The van der Waals surface area contributed by atoms with E-state index in [1.54, 1.807) is 24.3 Å². The predicted octanol–water partition coefficient (Wildman–Crippen LogP) is 2.74. The Morgan fingerprint density at radius 1 is 0.950 bits per heavy atom. The van der Waals surface area contributed by atoms with Crippen LogP contribution in [0.3, 0.4) is 0 Å².